The first kappa shape index (κ1) is 13.8. The summed E-state index contributed by atoms with van der Waals surface area (Å²) in [6.45, 7) is 0. The summed E-state index contributed by atoms with van der Waals surface area (Å²) in [6.07, 6.45) is 4.06. The molecule has 2 rings (SSSR count). The molecule has 1 N–H and O–H groups in total. The Kier molecular flexibility index (Phi) is 5.18. The highest BCUT2D eigenvalue weighted by molar-refractivity contribution is 7.98. The van der Waals surface area contributed by atoms with E-state index >= 15 is 0 Å². The van der Waals surface area contributed by atoms with Crippen molar-refractivity contribution in [3.8, 4) is 0 Å². The zero-order chi connectivity index (χ0) is 13.5. The van der Waals surface area contributed by atoms with Crippen LogP contribution in [0, 0.1) is 0 Å². The van der Waals surface area contributed by atoms with E-state index < -0.39 is 0 Å². The molecule has 2 aromatic rings. The average molecular weight is 290 g/mol. The highest BCUT2D eigenvalue weighted by atomic mass is 32.2. The van der Waals surface area contributed by atoms with E-state index in [-0.39, 0.29) is 5.91 Å². The van der Waals surface area contributed by atoms with Gasteiger partial charge in [0.05, 0.1) is 12.6 Å². The third-order valence-corrected chi connectivity index (χ3v) is 4.05. The topological polar surface area (TPSA) is 41.5 Å². The quantitative estimate of drug-likeness (QED) is 0.522. The van der Waals surface area contributed by atoms with Crippen molar-refractivity contribution in [2.45, 2.75) is 11.3 Å². The van der Waals surface area contributed by atoms with Gasteiger partial charge in [-0.3, -0.25) is 4.79 Å². The molecular formula is C14H14N2OS2. The smallest absolute Gasteiger partial charge is 0.245 e. The van der Waals surface area contributed by atoms with Gasteiger partial charge < -0.3 is 0 Å². The first-order chi connectivity index (χ1) is 9.28. The fourth-order valence-corrected chi connectivity index (χ4v) is 2.59. The van der Waals surface area contributed by atoms with Gasteiger partial charge in [0, 0.05) is 9.77 Å². The molecule has 1 heterocycles. The van der Waals surface area contributed by atoms with Crippen LogP contribution >= 0.6 is 23.1 Å². The molecule has 0 fully saturated rings. The van der Waals surface area contributed by atoms with Crippen LogP contribution < -0.4 is 5.43 Å². The summed E-state index contributed by atoms with van der Waals surface area (Å²) in [5.74, 6) is -0.0977. The molecule has 98 valence electrons. The van der Waals surface area contributed by atoms with Crippen molar-refractivity contribution in [2.75, 3.05) is 6.26 Å². The van der Waals surface area contributed by atoms with Crippen molar-refractivity contribution in [3.63, 3.8) is 0 Å². The molecule has 1 aromatic carbocycles. The lowest BCUT2D eigenvalue weighted by molar-refractivity contribution is -0.120. The minimum atomic E-state index is -0.0977. The summed E-state index contributed by atoms with van der Waals surface area (Å²) >= 11 is 3.27. The predicted octanol–water partition coefficient (Wildman–Crippen LogP) is 3.16. The van der Waals surface area contributed by atoms with Gasteiger partial charge in [0.25, 0.3) is 0 Å². The lowest BCUT2D eigenvalue weighted by Crippen LogP contribution is -2.19. The Labute approximate surface area is 120 Å². The number of nitrogens with zero attached hydrogens (tertiary/aromatic N) is 1. The van der Waals surface area contributed by atoms with Crippen LogP contribution in [0.25, 0.3) is 0 Å². The second-order valence-electron chi connectivity index (χ2n) is 3.82. The van der Waals surface area contributed by atoms with Gasteiger partial charge in [-0.05, 0) is 35.4 Å². The number of nitrogens with one attached hydrogen (secondary N) is 1. The molecule has 0 aliphatic rings. The number of carbonyl (C=O) groups excluding carboxylic acids is 1. The standard InChI is InChI=1S/C14H14N2OS2/c1-18-12-6-4-11(5-7-12)10-15-16-14(17)9-13-3-2-8-19-13/h2-8,10H,9H2,1H3,(H,16,17)/b15-10-. The molecule has 0 spiro atoms. The summed E-state index contributed by atoms with van der Waals surface area (Å²) in [4.78, 5) is 13.8. The molecule has 1 aromatic heterocycles. The molecule has 5 heteroatoms. The summed E-state index contributed by atoms with van der Waals surface area (Å²) in [5, 5.41) is 5.91. The highest BCUT2D eigenvalue weighted by Gasteiger charge is 2.01. The largest absolute Gasteiger partial charge is 0.273 e. The van der Waals surface area contributed by atoms with Crippen molar-refractivity contribution in [1.29, 1.82) is 0 Å². The predicted molar refractivity (Wildman–Crippen MR) is 82.0 cm³/mol. The Hall–Kier alpha value is -1.59. The van der Waals surface area contributed by atoms with Crippen molar-refractivity contribution in [1.82, 2.24) is 5.43 Å². The van der Waals surface area contributed by atoms with Crippen LogP contribution in [0.2, 0.25) is 0 Å². The van der Waals surface area contributed by atoms with E-state index in [0.717, 1.165) is 10.4 Å². The number of hydrazone groups is 1. The van der Waals surface area contributed by atoms with Crippen LogP contribution in [0.4, 0.5) is 0 Å². The van der Waals surface area contributed by atoms with Crippen LogP contribution in [-0.2, 0) is 11.2 Å². The lowest BCUT2D eigenvalue weighted by Gasteiger charge is -1.98. The van der Waals surface area contributed by atoms with E-state index in [1.54, 1.807) is 29.3 Å². The number of rotatable bonds is 5. The maximum Gasteiger partial charge on any atom is 0.245 e. The van der Waals surface area contributed by atoms with Crippen molar-refractivity contribution in [2.24, 2.45) is 5.10 Å². The van der Waals surface area contributed by atoms with Crippen LogP contribution in [0.15, 0.2) is 51.8 Å². The van der Waals surface area contributed by atoms with Crippen LogP contribution in [0.3, 0.4) is 0 Å². The Morgan fingerprint density at radius 2 is 2.16 bits per heavy atom. The van der Waals surface area contributed by atoms with Crippen molar-refractivity contribution in [3.05, 3.63) is 52.2 Å². The second-order valence-corrected chi connectivity index (χ2v) is 5.73. The van der Waals surface area contributed by atoms with Gasteiger partial charge in [-0.15, -0.1) is 23.1 Å². The van der Waals surface area contributed by atoms with Crippen molar-refractivity contribution < 1.29 is 4.79 Å². The summed E-state index contributed by atoms with van der Waals surface area (Å²) in [5.41, 5.74) is 3.50. The third kappa shape index (κ3) is 4.54. The Morgan fingerprint density at radius 3 is 2.79 bits per heavy atom. The van der Waals surface area contributed by atoms with Gasteiger partial charge >= 0.3 is 0 Å². The van der Waals surface area contributed by atoms with Crippen LogP contribution in [0.5, 0.6) is 0 Å². The minimum Gasteiger partial charge on any atom is -0.273 e. The monoisotopic (exact) mass is 290 g/mol. The number of benzene rings is 1. The minimum absolute atomic E-state index is 0.0977. The Bertz CT molecular complexity index is 547. The molecular weight excluding hydrogens is 276 g/mol. The third-order valence-electron chi connectivity index (χ3n) is 2.43. The van der Waals surface area contributed by atoms with E-state index in [2.05, 4.69) is 10.5 Å². The molecule has 0 bridgehead atoms. The number of thiophene rings is 1. The number of hydrogen-bond donors (Lipinski definition) is 1. The van der Waals surface area contributed by atoms with Gasteiger partial charge in [-0.1, -0.05) is 18.2 Å². The second kappa shape index (κ2) is 7.11. The normalized spacial score (nSPS) is 10.8. The van der Waals surface area contributed by atoms with Gasteiger partial charge in [0.15, 0.2) is 0 Å². The summed E-state index contributed by atoms with van der Waals surface area (Å²) in [7, 11) is 0. The summed E-state index contributed by atoms with van der Waals surface area (Å²) in [6, 6.07) is 11.9. The van der Waals surface area contributed by atoms with Crippen LogP contribution in [-0.4, -0.2) is 18.4 Å². The zero-order valence-electron chi connectivity index (χ0n) is 10.5. The maximum absolute atomic E-state index is 11.6. The number of carbonyl (C=O) groups is 1. The molecule has 19 heavy (non-hydrogen) atoms. The van der Waals surface area contributed by atoms with Gasteiger partial charge in [-0.2, -0.15) is 5.10 Å². The number of hydrogen-bond acceptors (Lipinski definition) is 4. The number of thioether (sulfide) groups is 1. The van der Waals surface area contributed by atoms with Gasteiger partial charge in [-0.25, -0.2) is 5.43 Å². The molecule has 0 atom stereocenters. The molecule has 0 aliphatic heterocycles. The first-order valence-electron chi connectivity index (χ1n) is 5.76. The average Bonchev–Trinajstić information content (AvgIpc) is 2.92. The van der Waals surface area contributed by atoms with E-state index in [1.807, 2.05) is 48.0 Å². The van der Waals surface area contributed by atoms with Crippen molar-refractivity contribution >= 4 is 35.2 Å². The Balaban J connectivity index is 1.83. The highest BCUT2D eigenvalue weighted by Crippen LogP contribution is 2.13. The van der Waals surface area contributed by atoms with E-state index in [0.29, 0.717) is 6.42 Å². The molecule has 0 saturated carbocycles. The molecule has 3 nitrogen and oxygen atoms in total. The molecule has 0 radical (unpaired) electrons. The van der Waals surface area contributed by atoms with Gasteiger partial charge in [0.2, 0.25) is 5.91 Å². The van der Waals surface area contributed by atoms with Gasteiger partial charge in [0.1, 0.15) is 0 Å². The first-order valence-corrected chi connectivity index (χ1v) is 7.87. The Morgan fingerprint density at radius 1 is 1.37 bits per heavy atom. The number of amides is 1. The van der Waals surface area contributed by atoms with E-state index in [9.17, 15) is 4.79 Å². The summed E-state index contributed by atoms with van der Waals surface area (Å²) < 4.78 is 0. The lowest BCUT2D eigenvalue weighted by atomic mass is 10.2. The maximum atomic E-state index is 11.6. The SMILES string of the molecule is CSc1ccc(/C=N\NC(=O)Cc2cccs2)cc1. The molecule has 0 saturated heterocycles. The fraction of sp³-hybridized carbons (Fsp3) is 0.143. The van der Waals surface area contributed by atoms with E-state index in [1.165, 1.54) is 4.90 Å². The molecule has 0 unspecified atom stereocenters. The molecule has 0 aliphatic carbocycles. The molecule has 1 amide bonds. The fourth-order valence-electron chi connectivity index (χ4n) is 1.48. The van der Waals surface area contributed by atoms with E-state index in [4.69, 9.17) is 0 Å². The van der Waals surface area contributed by atoms with Crippen LogP contribution in [0.1, 0.15) is 10.4 Å². The zero-order valence-corrected chi connectivity index (χ0v) is 12.1.